The second-order valence-corrected chi connectivity index (χ2v) is 7.82. The lowest BCUT2D eigenvalue weighted by atomic mass is 9.99. The molecule has 0 atom stereocenters. The van der Waals surface area contributed by atoms with Crippen LogP contribution in [-0.2, 0) is 34.8 Å². The molecule has 27 heavy (non-hydrogen) atoms. The standard InChI is InChI=1S/C16H20FN5O3S.ClH/c1-10-20-15(9-22(10)2)26(24,25)19-8-14(23)21-13-4-3-11-7-18-6-5-12(11)16(13)17;/h3-4,9,18-19H,5-8H2,1-2H3,(H,21,23);1H. The number of imidazole rings is 1. The Morgan fingerprint density at radius 1 is 1.41 bits per heavy atom. The number of hydrogen-bond donors (Lipinski definition) is 3. The summed E-state index contributed by atoms with van der Waals surface area (Å²) >= 11 is 0. The van der Waals surface area contributed by atoms with Gasteiger partial charge in [-0.15, -0.1) is 12.4 Å². The predicted octanol–water partition coefficient (Wildman–Crippen LogP) is 0.852. The fourth-order valence-electron chi connectivity index (χ4n) is 2.71. The molecule has 2 heterocycles. The maximum absolute atomic E-state index is 14.5. The fourth-order valence-corrected chi connectivity index (χ4v) is 3.73. The number of hydrogen-bond acceptors (Lipinski definition) is 5. The molecule has 0 bridgehead atoms. The van der Waals surface area contributed by atoms with Crippen molar-refractivity contribution >= 4 is 34.0 Å². The first kappa shape index (κ1) is 21.3. The van der Waals surface area contributed by atoms with Crippen LogP contribution in [0.3, 0.4) is 0 Å². The van der Waals surface area contributed by atoms with Gasteiger partial charge in [0.1, 0.15) is 11.6 Å². The molecule has 2 aromatic rings. The monoisotopic (exact) mass is 417 g/mol. The van der Waals surface area contributed by atoms with Crippen LogP contribution in [0, 0.1) is 12.7 Å². The summed E-state index contributed by atoms with van der Waals surface area (Å²) in [4.78, 5) is 16.0. The molecule has 1 aliphatic heterocycles. The van der Waals surface area contributed by atoms with E-state index in [4.69, 9.17) is 0 Å². The Bertz CT molecular complexity index is 942. The van der Waals surface area contributed by atoms with E-state index in [1.54, 1.807) is 24.6 Å². The second kappa shape index (κ2) is 8.34. The maximum atomic E-state index is 14.5. The Kier molecular flexibility index (Phi) is 6.58. The minimum absolute atomic E-state index is 0. The molecule has 0 radical (unpaired) electrons. The summed E-state index contributed by atoms with van der Waals surface area (Å²) in [5.74, 6) is -0.602. The number of halogens is 2. The Balaban J connectivity index is 0.00000261. The molecule has 1 aliphatic rings. The van der Waals surface area contributed by atoms with Crippen molar-refractivity contribution in [3.05, 3.63) is 41.1 Å². The van der Waals surface area contributed by atoms with E-state index >= 15 is 0 Å². The molecule has 1 amide bonds. The summed E-state index contributed by atoms with van der Waals surface area (Å²) in [5.41, 5.74) is 1.48. The first-order valence-corrected chi connectivity index (χ1v) is 9.56. The average molecular weight is 418 g/mol. The van der Waals surface area contributed by atoms with Crippen LogP contribution in [-0.4, -0.2) is 37.0 Å². The van der Waals surface area contributed by atoms with E-state index < -0.39 is 28.3 Å². The zero-order valence-electron chi connectivity index (χ0n) is 14.9. The van der Waals surface area contributed by atoms with Crippen LogP contribution in [0.4, 0.5) is 10.1 Å². The molecule has 11 heteroatoms. The van der Waals surface area contributed by atoms with Crippen molar-refractivity contribution in [3.63, 3.8) is 0 Å². The molecule has 0 unspecified atom stereocenters. The van der Waals surface area contributed by atoms with Crippen LogP contribution in [0.5, 0.6) is 0 Å². The third kappa shape index (κ3) is 4.64. The highest BCUT2D eigenvalue weighted by atomic mass is 35.5. The van der Waals surface area contributed by atoms with Crippen LogP contribution < -0.4 is 15.4 Å². The van der Waals surface area contributed by atoms with Gasteiger partial charge >= 0.3 is 0 Å². The number of nitrogens with one attached hydrogen (secondary N) is 3. The summed E-state index contributed by atoms with van der Waals surface area (Å²) in [6.45, 7) is 2.41. The summed E-state index contributed by atoms with van der Waals surface area (Å²) in [7, 11) is -2.25. The number of sulfonamides is 1. The second-order valence-electron chi connectivity index (χ2n) is 6.10. The van der Waals surface area contributed by atoms with E-state index in [1.165, 1.54) is 12.3 Å². The Morgan fingerprint density at radius 2 is 2.15 bits per heavy atom. The van der Waals surface area contributed by atoms with E-state index in [0.717, 1.165) is 5.56 Å². The number of anilines is 1. The van der Waals surface area contributed by atoms with Gasteiger partial charge in [0.15, 0.2) is 5.03 Å². The number of benzene rings is 1. The van der Waals surface area contributed by atoms with E-state index in [2.05, 4.69) is 20.3 Å². The summed E-state index contributed by atoms with van der Waals surface area (Å²) in [5, 5.41) is 5.39. The third-order valence-electron chi connectivity index (χ3n) is 4.27. The van der Waals surface area contributed by atoms with Crippen LogP contribution in [0.1, 0.15) is 17.0 Å². The number of fused-ring (bicyclic) bond motifs is 1. The molecule has 0 saturated carbocycles. The van der Waals surface area contributed by atoms with Crippen molar-refractivity contribution in [1.82, 2.24) is 19.6 Å². The largest absolute Gasteiger partial charge is 0.337 e. The van der Waals surface area contributed by atoms with E-state index in [-0.39, 0.29) is 23.1 Å². The lowest BCUT2D eigenvalue weighted by molar-refractivity contribution is -0.115. The Hall–Kier alpha value is -2.01. The first-order valence-electron chi connectivity index (χ1n) is 8.08. The molecule has 3 N–H and O–H groups in total. The fraction of sp³-hybridized carbons (Fsp3) is 0.375. The molecule has 0 fully saturated rings. The number of nitrogens with zero attached hydrogens (tertiary/aromatic N) is 2. The van der Waals surface area contributed by atoms with Gasteiger partial charge in [0.25, 0.3) is 10.0 Å². The van der Waals surface area contributed by atoms with Crippen molar-refractivity contribution < 1.29 is 17.6 Å². The van der Waals surface area contributed by atoms with Gasteiger partial charge in [-0.1, -0.05) is 6.07 Å². The molecule has 0 saturated heterocycles. The number of carbonyl (C=O) groups is 1. The molecule has 1 aromatic heterocycles. The van der Waals surface area contributed by atoms with Crippen molar-refractivity contribution in [2.24, 2.45) is 7.05 Å². The van der Waals surface area contributed by atoms with Crippen LogP contribution in [0.15, 0.2) is 23.4 Å². The highest BCUT2D eigenvalue weighted by Gasteiger charge is 2.21. The average Bonchev–Trinajstić information content (AvgIpc) is 2.96. The lowest BCUT2D eigenvalue weighted by Gasteiger charge is -2.19. The SMILES string of the molecule is Cc1nc(S(=O)(=O)NCC(=O)Nc2ccc3c(c2F)CCNC3)cn1C.Cl. The topological polar surface area (TPSA) is 105 Å². The summed E-state index contributed by atoms with van der Waals surface area (Å²) in [6.07, 6.45) is 1.89. The molecule has 1 aromatic carbocycles. The Morgan fingerprint density at radius 3 is 2.81 bits per heavy atom. The van der Waals surface area contributed by atoms with E-state index in [0.29, 0.717) is 30.9 Å². The molecule has 8 nitrogen and oxygen atoms in total. The number of amides is 1. The first-order chi connectivity index (χ1) is 12.3. The lowest BCUT2D eigenvalue weighted by Crippen LogP contribution is -2.33. The highest BCUT2D eigenvalue weighted by Crippen LogP contribution is 2.24. The van der Waals surface area contributed by atoms with Gasteiger partial charge in [-0.25, -0.2) is 22.5 Å². The van der Waals surface area contributed by atoms with Crippen LogP contribution in [0.2, 0.25) is 0 Å². The molecule has 0 aliphatic carbocycles. The molecular formula is C16H21ClFN5O3S. The van der Waals surface area contributed by atoms with E-state index in [9.17, 15) is 17.6 Å². The van der Waals surface area contributed by atoms with Gasteiger partial charge in [-0.05, 0) is 37.1 Å². The van der Waals surface area contributed by atoms with Crippen LogP contribution >= 0.6 is 12.4 Å². The predicted molar refractivity (Wildman–Crippen MR) is 101 cm³/mol. The van der Waals surface area contributed by atoms with Gasteiger partial charge in [-0.2, -0.15) is 0 Å². The van der Waals surface area contributed by atoms with E-state index in [1.807, 2.05) is 0 Å². The number of aryl methyl sites for hydroxylation is 2. The number of aromatic nitrogens is 2. The highest BCUT2D eigenvalue weighted by molar-refractivity contribution is 7.89. The smallest absolute Gasteiger partial charge is 0.260 e. The van der Waals surface area contributed by atoms with Gasteiger partial charge in [-0.3, -0.25) is 4.79 Å². The minimum atomic E-state index is -3.92. The summed E-state index contributed by atoms with van der Waals surface area (Å²) in [6, 6.07) is 3.23. The van der Waals surface area contributed by atoms with Gasteiger partial charge in [0, 0.05) is 19.8 Å². The van der Waals surface area contributed by atoms with Crippen molar-refractivity contribution in [2.75, 3.05) is 18.4 Å². The zero-order valence-corrected chi connectivity index (χ0v) is 16.5. The van der Waals surface area contributed by atoms with Crippen molar-refractivity contribution in [1.29, 1.82) is 0 Å². The zero-order chi connectivity index (χ0) is 18.9. The van der Waals surface area contributed by atoms with Gasteiger partial charge < -0.3 is 15.2 Å². The van der Waals surface area contributed by atoms with Gasteiger partial charge in [0.05, 0.1) is 12.2 Å². The maximum Gasteiger partial charge on any atom is 0.260 e. The summed E-state index contributed by atoms with van der Waals surface area (Å²) < 4.78 is 42.6. The minimum Gasteiger partial charge on any atom is -0.337 e. The normalized spacial score (nSPS) is 13.6. The molecule has 3 rings (SSSR count). The molecular weight excluding hydrogens is 397 g/mol. The Labute approximate surface area is 163 Å². The van der Waals surface area contributed by atoms with Gasteiger partial charge in [0.2, 0.25) is 5.91 Å². The number of rotatable bonds is 5. The van der Waals surface area contributed by atoms with Crippen LogP contribution in [0.25, 0.3) is 0 Å². The van der Waals surface area contributed by atoms with Crippen molar-refractivity contribution in [2.45, 2.75) is 24.9 Å². The number of carbonyl (C=O) groups excluding carboxylic acids is 1. The third-order valence-corrected chi connectivity index (χ3v) is 5.54. The van der Waals surface area contributed by atoms with Crippen molar-refractivity contribution in [3.8, 4) is 0 Å². The quantitative estimate of drug-likeness (QED) is 0.669. The molecule has 0 spiro atoms. The molecule has 148 valence electrons.